The number of nitrogen functional groups attached to an aromatic ring is 2. The van der Waals surface area contributed by atoms with Crippen LogP contribution in [0.3, 0.4) is 0 Å². The van der Waals surface area contributed by atoms with E-state index in [0.717, 1.165) is 16.8 Å². The van der Waals surface area contributed by atoms with Crippen molar-refractivity contribution in [2.24, 2.45) is 0 Å². The molecule has 0 fully saturated rings. The molecule has 0 aliphatic rings. The van der Waals surface area contributed by atoms with Crippen LogP contribution < -0.4 is 16.8 Å². The number of rotatable bonds is 3. The van der Waals surface area contributed by atoms with Crippen LogP contribution in [0.5, 0.6) is 0 Å². The lowest BCUT2D eigenvalue weighted by Crippen LogP contribution is -2.16. The van der Waals surface area contributed by atoms with E-state index in [1.165, 1.54) is 0 Å². The fourth-order valence-electron chi connectivity index (χ4n) is 2.31. The zero-order valence-corrected chi connectivity index (χ0v) is 12.6. The van der Waals surface area contributed by atoms with Crippen LogP contribution in [0.15, 0.2) is 36.4 Å². The molecule has 21 heavy (non-hydrogen) atoms. The Bertz CT molecular complexity index is 678. The average Bonchev–Trinajstić information content (AvgIpc) is 2.40. The number of carbonyl (C=O) groups excluding carboxylic acids is 1. The second kappa shape index (κ2) is 5.87. The number of para-hydroxylation sites is 1. The van der Waals surface area contributed by atoms with Crippen LogP contribution in [0.25, 0.3) is 0 Å². The van der Waals surface area contributed by atoms with Gasteiger partial charge in [0.05, 0.1) is 5.56 Å². The smallest absolute Gasteiger partial charge is 0.257 e. The van der Waals surface area contributed by atoms with E-state index in [1.54, 1.807) is 18.2 Å². The molecule has 0 bridgehead atoms. The van der Waals surface area contributed by atoms with Crippen molar-refractivity contribution in [1.82, 2.24) is 0 Å². The van der Waals surface area contributed by atoms with Gasteiger partial charge in [-0.2, -0.15) is 0 Å². The highest BCUT2D eigenvalue weighted by molar-refractivity contribution is 6.08. The summed E-state index contributed by atoms with van der Waals surface area (Å²) in [5, 5.41) is 2.98. The van der Waals surface area contributed by atoms with Gasteiger partial charge in [-0.1, -0.05) is 32.0 Å². The summed E-state index contributed by atoms with van der Waals surface area (Å²) in [5.41, 5.74) is 15.9. The van der Waals surface area contributed by atoms with E-state index >= 15 is 0 Å². The molecule has 0 unspecified atom stereocenters. The highest BCUT2D eigenvalue weighted by Gasteiger charge is 2.15. The molecule has 0 aliphatic carbocycles. The first kappa shape index (κ1) is 14.9. The van der Waals surface area contributed by atoms with Crippen molar-refractivity contribution in [2.45, 2.75) is 26.7 Å². The van der Waals surface area contributed by atoms with Crippen LogP contribution in [0.4, 0.5) is 17.1 Å². The summed E-state index contributed by atoms with van der Waals surface area (Å²) in [4.78, 5) is 12.4. The lowest BCUT2D eigenvalue weighted by atomic mass is 9.98. The Labute approximate surface area is 125 Å². The average molecular weight is 283 g/mol. The number of aryl methyl sites for hydroxylation is 1. The van der Waals surface area contributed by atoms with E-state index in [-0.39, 0.29) is 5.91 Å². The van der Waals surface area contributed by atoms with Gasteiger partial charge in [-0.3, -0.25) is 4.79 Å². The topological polar surface area (TPSA) is 81.1 Å². The van der Waals surface area contributed by atoms with Crippen LogP contribution in [0.1, 0.15) is 41.3 Å². The maximum atomic E-state index is 12.4. The highest BCUT2D eigenvalue weighted by Crippen LogP contribution is 2.28. The van der Waals surface area contributed by atoms with Crippen molar-refractivity contribution < 1.29 is 4.79 Å². The molecule has 0 atom stereocenters. The van der Waals surface area contributed by atoms with E-state index in [2.05, 4.69) is 19.2 Å². The maximum absolute atomic E-state index is 12.4. The van der Waals surface area contributed by atoms with Crippen molar-refractivity contribution in [2.75, 3.05) is 16.8 Å². The molecule has 2 aromatic carbocycles. The molecule has 4 heteroatoms. The Hall–Kier alpha value is -2.49. The quantitative estimate of drug-likeness (QED) is 0.754. The standard InChI is InChI=1S/C17H21N3O/c1-10(2)13-6-4-5-11(3)16(13)20-17(21)14-8-7-12(18)9-15(14)19/h4-10H,18-19H2,1-3H3,(H,20,21). The fourth-order valence-corrected chi connectivity index (χ4v) is 2.31. The van der Waals surface area contributed by atoms with E-state index in [1.807, 2.05) is 25.1 Å². The van der Waals surface area contributed by atoms with Gasteiger partial charge in [0.25, 0.3) is 5.91 Å². The molecule has 0 saturated carbocycles. The summed E-state index contributed by atoms with van der Waals surface area (Å²) < 4.78 is 0. The van der Waals surface area contributed by atoms with E-state index < -0.39 is 0 Å². The number of hydrogen-bond acceptors (Lipinski definition) is 3. The van der Waals surface area contributed by atoms with Crippen molar-refractivity contribution in [3.63, 3.8) is 0 Å². The minimum absolute atomic E-state index is 0.219. The summed E-state index contributed by atoms with van der Waals surface area (Å²) in [6, 6.07) is 10.9. The molecule has 4 nitrogen and oxygen atoms in total. The third-order valence-electron chi connectivity index (χ3n) is 3.49. The van der Waals surface area contributed by atoms with Gasteiger partial charge < -0.3 is 16.8 Å². The number of anilines is 3. The molecule has 0 spiro atoms. The van der Waals surface area contributed by atoms with Crippen LogP contribution in [0.2, 0.25) is 0 Å². The number of nitrogens with two attached hydrogens (primary N) is 2. The molecule has 0 saturated heterocycles. The molecule has 0 radical (unpaired) electrons. The Kier molecular flexibility index (Phi) is 4.17. The zero-order valence-electron chi connectivity index (χ0n) is 12.6. The third-order valence-corrected chi connectivity index (χ3v) is 3.49. The second-order valence-corrected chi connectivity index (χ2v) is 5.49. The summed E-state index contributed by atoms with van der Waals surface area (Å²) >= 11 is 0. The maximum Gasteiger partial charge on any atom is 0.257 e. The zero-order chi connectivity index (χ0) is 15.6. The predicted molar refractivity (Wildman–Crippen MR) is 88.5 cm³/mol. The van der Waals surface area contributed by atoms with Gasteiger partial charge in [0.1, 0.15) is 0 Å². The van der Waals surface area contributed by atoms with Crippen molar-refractivity contribution >= 4 is 23.0 Å². The van der Waals surface area contributed by atoms with Crippen molar-refractivity contribution in [3.05, 3.63) is 53.1 Å². The van der Waals surface area contributed by atoms with Crippen LogP contribution in [-0.4, -0.2) is 5.91 Å². The summed E-state index contributed by atoms with van der Waals surface area (Å²) in [5.74, 6) is 0.104. The Morgan fingerprint density at radius 1 is 1.14 bits per heavy atom. The summed E-state index contributed by atoms with van der Waals surface area (Å²) in [7, 11) is 0. The minimum Gasteiger partial charge on any atom is -0.399 e. The number of nitrogens with one attached hydrogen (secondary N) is 1. The molecule has 110 valence electrons. The number of hydrogen-bond donors (Lipinski definition) is 3. The lowest BCUT2D eigenvalue weighted by molar-refractivity contribution is 0.102. The van der Waals surface area contributed by atoms with E-state index in [4.69, 9.17) is 11.5 Å². The first-order valence-corrected chi connectivity index (χ1v) is 6.96. The number of benzene rings is 2. The molecule has 2 aromatic rings. The molecular formula is C17H21N3O. The van der Waals surface area contributed by atoms with Gasteiger partial charge in [0.2, 0.25) is 0 Å². The Morgan fingerprint density at radius 3 is 2.48 bits per heavy atom. The van der Waals surface area contributed by atoms with Gasteiger partial charge in [-0.05, 0) is 42.2 Å². The Morgan fingerprint density at radius 2 is 1.86 bits per heavy atom. The van der Waals surface area contributed by atoms with Crippen LogP contribution in [-0.2, 0) is 0 Å². The monoisotopic (exact) mass is 283 g/mol. The molecule has 0 aromatic heterocycles. The van der Waals surface area contributed by atoms with Gasteiger partial charge in [0, 0.05) is 17.1 Å². The second-order valence-electron chi connectivity index (χ2n) is 5.49. The van der Waals surface area contributed by atoms with E-state index in [0.29, 0.717) is 22.9 Å². The van der Waals surface area contributed by atoms with E-state index in [9.17, 15) is 4.79 Å². The van der Waals surface area contributed by atoms with Crippen LogP contribution >= 0.6 is 0 Å². The molecule has 2 rings (SSSR count). The number of amides is 1. The molecule has 1 amide bonds. The Balaban J connectivity index is 2.36. The van der Waals surface area contributed by atoms with Gasteiger partial charge in [-0.25, -0.2) is 0 Å². The van der Waals surface area contributed by atoms with Gasteiger partial charge >= 0.3 is 0 Å². The number of carbonyl (C=O) groups is 1. The summed E-state index contributed by atoms with van der Waals surface area (Å²) in [6.45, 7) is 6.18. The highest BCUT2D eigenvalue weighted by atomic mass is 16.1. The normalized spacial score (nSPS) is 10.7. The summed E-state index contributed by atoms with van der Waals surface area (Å²) in [6.07, 6.45) is 0. The first-order chi connectivity index (χ1) is 9.90. The minimum atomic E-state index is -0.219. The molecule has 5 N–H and O–H groups in total. The fraction of sp³-hybridized carbons (Fsp3) is 0.235. The third kappa shape index (κ3) is 3.16. The van der Waals surface area contributed by atoms with Gasteiger partial charge in [0.15, 0.2) is 0 Å². The molecule has 0 aliphatic heterocycles. The van der Waals surface area contributed by atoms with Gasteiger partial charge in [-0.15, -0.1) is 0 Å². The molecule has 0 heterocycles. The van der Waals surface area contributed by atoms with Crippen molar-refractivity contribution in [1.29, 1.82) is 0 Å². The lowest BCUT2D eigenvalue weighted by Gasteiger charge is -2.17. The predicted octanol–water partition coefficient (Wildman–Crippen LogP) is 3.54. The van der Waals surface area contributed by atoms with Crippen LogP contribution in [0, 0.1) is 6.92 Å². The molecular weight excluding hydrogens is 262 g/mol. The first-order valence-electron chi connectivity index (χ1n) is 6.96. The largest absolute Gasteiger partial charge is 0.399 e. The SMILES string of the molecule is Cc1cccc(C(C)C)c1NC(=O)c1ccc(N)cc1N. The van der Waals surface area contributed by atoms with Crippen molar-refractivity contribution in [3.8, 4) is 0 Å².